The first-order chi connectivity index (χ1) is 9.16. The van der Waals surface area contributed by atoms with Gasteiger partial charge < -0.3 is 4.42 Å². The van der Waals surface area contributed by atoms with Crippen molar-refractivity contribution in [1.82, 2.24) is 9.55 Å². The third-order valence-corrected chi connectivity index (χ3v) is 3.91. The number of thiophene rings is 1. The fourth-order valence-electron chi connectivity index (χ4n) is 1.84. The Morgan fingerprint density at radius 3 is 3.11 bits per heavy atom. The van der Waals surface area contributed by atoms with Crippen molar-refractivity contribution in [1.29, 1.82) is 0 Å². The normalized spacial score (nSPS) is 11.0. The summed E-state index contributed by atoms with van der Waals surface area (Å²) in [5.74, 6) is -0.00381. The van der Waals surface area contributed by atoms with Crippen molar-refractivity contribution in [3.05, 3.63) is 51.8 Å². The lowest BCUT2D eigenvalue weighted by Crippen LogP contribution is -2.23. The number of nitrogens with zero attached hydrogens (tertiary/aromatic N) is 2. The first-order valence-corrected chi connectivity index (χ1v) is 6.54. The van der Waals surface area contributed by atoms with Crippen LogP contribution < -0.4 is 5.56 Å². The number of carbonyl (C=O) groups is 1. The van der Waals surface area contributed by atoms with E-state index in [4.69, 9.17) is 4.42 Å². The van der Waals surface area contributed by atoms with E-state index in [1.807, 2.05) is 12.3 Å². The molecule has 0 unspecified atom stereocenters. The summed E-state index contributed by atoms with van der Waals surface area (Å²) in [5, 5.41) is 1.89. The summed E-state index contributed by atoms with van der Waals surface area (Å²) in [6.07, 6.45) is 2.84. The SMILES string of the molecule is Cc1csc2c(=O)n(CC(=O)c3ccco3)cnc12. The van der Waals surface area contributed by atoms with Gasteiger partial charge in [0.1, 0.15) is 4.70 Å². The van der Waals surface area contributed by atoms with E-state index in [2.05, 4.69) is 4.98 Å². The van der Waals surface area contributed by atoms with Gasteiger partial charge in [-0.3, -0.25) is 14.2 Å². The Balaban J connectivity index is 2.00. The highest BCUT2D eigenvalue weighted by atomic mass is 32.1. The number of Topliss-reactive ketones (excluding diaryl/α,β-unsaturated/α-hetero) is 1. The summed E-state index contributed by atoms with van der Waals surface area (Å²) in [7, 11) is 0. The van der Waals surface area contributed by atoms with Crippen LogP contribution in [0.25, 0.3) is 10.2 Å². The van der Waals surface area contributed by atoms with Crippen LogP contribution in [-0.4, -0.2) is 15.3 Å². The molecule has 0 fully saturated rings. The maximum Gasteiger partial charge on any atom is 0.271 e. The Kier molecular flexibility index (Phi) is 2.79. The number of ketones is 1. The first-order valence-electron chi connectivity index (χ1n) is 5.67. The molecule has 0 aromatic carbocycles. The van der Waals surface area contributed by atoms with Gasteiger partial charge in [0.25, 0.3) is 5.56 Å². The molecule has 3 rings (SSSR count). The predicted molar refractivity (Wildman–Crippen MR) is 71.7 cm³/mol. The van der Waals surface area contributed by atoms with E-state index >= 15 is 0 Å². The third kappa shape index (κ3) is 2.00. The molecular formula is C13H10N2O3S. The number of rotatable bonds is 3. The number of hydrogen-bond acceptors (Lipinski definition) is 5. The molecule has 0 amide bonds. The van der Waals surface area contributed by atoms with Gasteiger partial charge in [-0.15, -0.1) is 11.3 Å². The van der Waals surface area contributed by atoms with E-state index < -0.39 is 0 Å². The monoisotopic (exact) mass is 274 g/mol. The van der Waals surface area contributed by atoms with E-state index in [0.29, 0.717) is 10.2 Å². The highest BCUT2D eigenvalue weighted by molar-refractivity contribution is 7.17. The molecule has 0 aliphatic rings. The molecule has 0 spiro atoms. The molecule has 0 N–H and O–H groups in total. The van der Waals surface area contributed by atoms with Gasteiger partial charge in [-0.2, -0.15) is 0 Å². The summed E-state index contributed by atoms with van der Waals surface area (Å²) >= 11 is 1.35. The minimum absolute atomic E-state index is 0.0633. The standard InChI is InChI=1S/C13H10N2O3S/c1-8-6-19-12-11(8)14-7-15(13(12)17)5-9(16)10-3-2-4-18-10/h2-4,6-7H,5H2,1H3. The molecular weight excluding hydrogens is 264 g/mol. The lowest BCUT2D eigenvalue weighted by molar-refractivity contribution is 0.0943. The Morgan fingerprint density at radius 2 is 2.37 bits per heavy atom. The number of carbonyl (C=O) groups excluding carboxylic acids is 1. The van der Waals surface area contributed by atoms with E-state index in [9.17, 15) is 9.59 Å². The van der Waals surface area contributed by atoms with Gasteiger partial charge in [0.15, 0.2) is 5.76 Å². The van der Waals surface area contributed by atoms with Gasteiger partial charge in [0.2, 0.25) is 5.78 Å². The smallest absolute Gasteiger partial charge is 0.271 e. The van der Waals surface area contributed by atoms with Crippen molar-refractivity contribution in [2.75, 3.05) is 0 Å². The Bertz CT molecular complexity index is 799. The van der Waals surface area contributed by atoms with Gasteiger partial charge in [0.05, 0.1) is 24.7 Å². The maximum absolute atomic E-state index is 12.2. The molecule has 0 atom stereocenters. The highest BCUT2D eigenvalue weighted by Crippen LogP contribution is 2.19. The molecule has 6 heteroatoms. The summed E-state index contributed by atoms with van der Waals surface area (Å²) in [4.78, 5) is 28.3. The number of aryl methyl sites for hydroxylation is 1. The lowest BCUT2D eigenvalue weighted by Gasteiger charge is -2.02. The summed E-state index contributed by atoms with van der Waals surface area (Å²) in [6.45, 7) is 1.84. The first kappa shape index (κ1) is 11.9. The van der Waals surface area contributed by atoms with Crippen LogP contribution in [0.4, 0.5) is 0 Å². The van der Waals surface area contributed by atoms with Crippen molar-refractivity contribution < 1.29 is 9.21 Å². The van der Waals surface area contributed by atoms with Crippen LogP contribution in [0, 0.1) is 6.92 Å². The molecule has 19 heavy (non-hydrogen) atoms. The van der Waals surface area contributed by atoms with Gasteiger partial charge in [0, 0.05) is 0 Å². The van der Waals surface area contributed by atoms with Gasteiger partial charge in [-0.05, 0) is 30.0 Å². The third-order valence-electron chi connectivity index (χ3n) is 2.83. The Morgan fingerprint density at radius 1 is 1.53 bits per heavy atom. The van der Waals surface area contributed by atoms with E-state index in [0.717, 1.165) is 5.56 Å². The van der Waals surface area contributed by atoms with Gasteiger partial charge in [-0.25, -0.2) is 4.98 Å². The molecule has 0 bridgehead atoms. The fraction of sp³-hybridized carbons (Fsp3) is 0.154. The van der Waals surface area contributed by atoms with Crippen molar-refractivity contribution in [2.45, 2.75) is 13.5 Å². The average molecular weight is 274 g/mol. The van der Waals surface area contributed by atoms with Crippen LogP contribution in [0.2, 0.25) is 0 Å². The van der Waals surface area contributed by atoms with Crippen LogP contribution in [-0.2, 0) is 6.54 Å². The Hall–Kier alpha value is -2.21. The van der Waals surface area contributed by atoms with Crippen molar-refractivity contribution in [2.24, 2.45) is 0 Å². The Labute approximate surface area is 112 Å². The van der Waals surface area contributed by atoms with Crippen LogP contribution in [0.15, 0.2) is 39.3 Å². The average Bonchev–Trinajstić information content (AvgIpc) is 3.03. The van der Waals surface area contributed by atoms with Crippen LogP contribution in [0.5, 0.6) is 0 Å². The van der Waals surface area contributed by atoms with E-state index in [1.165, 1.54) is 28.5 Å². The molecule has 3 heterocycles. The molecule has 0 radical (unpaired) electrons. The summed E-state index contributed by atoms with van der Waals surface area (Å²) in [6, 6.07) is 3.22. The van der Waals surface area contributed by atoms with E-state index in [-0.39, 0.29) is 23.6 Å². The topological polar surface area (TPSA) is 65.1 Å². The fourth-order valence-corrected chi connectivity index (χ4v) is 2.79. The zero-order chi connectivity index (χ0) is 13.4. The summed E-state index contributed by atoms with van der Waals surface area (Å²) in [5.41, 5.74) is 1.49. The maximum atomic E-state index is 12.2. The number of aromatic nitrogens is 2. The highest BCUT2D eigenvalue weighted by Gasteiger charge is 2.13. The molecule has 0 aliphatic heterocycles. The number of hydrogen-bond donors (Lipinski definition) is 0. The lowest BCUT2D eigenvalue weighted by atomic mass is 10.3. The second-order valence-corrected chi connectivity index (χ2v) is 5.05. The second kappa shape index (κ2) is 4.47. The second-order valence-electron chi connectivity index (χ2n) is 4.17. The van der Waals surface area contributed by atoms with Crippen molar-refractivity contribution in [3.63, 3.8) is 0 Å². The van der Waals surface area contributed by atoms with Crippen LogP contribution in [0.3, 0.4) is 0 Å². The predicted octanol–water partition coefficient (Wildman–Crippen LogP) is 2.24. The van der Waals surface area contributed by atoms with Gasteiger partial charge in [-0.1, -0.05) is 0 Å². The molecule has 96 valence electrons. The van der Waals surface area contributed by atoms with E-state index in [1.54, 1.807) is 12.1 Å². The molecule has 0 saturated heterocycles. The molecule has 3 aromatic rings. The quantitative estimate of drug-likeness (QED) is 0.687. The van der Waals surface area contributed by atoms with Crippen molar-refractivity contribution >= 4 is 27.3 Å². The van der Waals surface area contributed by atoms with Crippen LogP contribution in [0.1, 0.15) is 16.1 Å². The summed E-state index contributed by atoms with van der Waals surface area (Å²) < 4.78 is 6.90. The largest absolute Gasteiger partial charge is 0.461 e. The van der Waals surface area contributed by atoms with Crippen LogP contribution >= 0.6 is 11.3 Å². The zero-order valence-corrected chi connectivity index (χ0v) is 10.9. The molecule has 0 aliphatic carbocycles. The zero-order valence-electron chi connectivity index (χ0n) is 10.1. The van der Waals surface area contributed by atoms with Gasteiger partial charge >= 0.3 is 0 Å². The molecule has 3 aromatic heterocycles. The minimum Gasteiger partial charge on any atom is -0.461 e. The number of fused-ring (bicyclic) bond motifs is 1. The number of furan rings is 1. The molecule has 0 saturated carbocycles. The minimum atomic E-state index is -0.249. The molecule has 5 nitrogen and oxygen atoms in total. The van der Waals surface area contributed by atoms with Crippen molar-refractivity contribution in [3.8, 4) is 0 Å².